The van der Waals surface area contributed by atoms with E-state index in [2.05, 4.69) is 10.6 Å². The van der Waals surface area contributed by atoms with E-state index in [9.17, 15) is 14.4 Å². The first-order valence-corrected chi connectivity index (χ1v) is 7.00. The number of carboxylic acid groups (broad SMARTS) is 1. The molecule has 0 aromatic carbocycles. The highest BCUT2D eigenvalue weighted by atomic mass is 32.2. The third kappa shape index (κ3) is 9.95. The van der Waals surface area contributed by atoms with E-state index in [1.165, 1.54) is 0 Å². The molecular weight excluding hydrogens is 256 g/mol. The topological polar surface area (TPSA) is 95.5 Å². The van der Waals surface area contributed by atoms with Gasteiger partial charge in [-0.2, -0.15) is 0 Å². The second kappa shape index (κ2) is 10.9. The van der Waals surface area contributed by atoms with Crippen molar-refractivity contribution in [2.24, 2.45) is 0 Å². The quantitative estimate of drug-likeness (QED) is 0.291. The van der Waals surface area contributed by atoms with Gasteiger partial charge in [-0.05, 0) is 25.5 Å². The number of carbonyl (C=O) groups excluding carboxylic acids is 2. The summed E-state index contributed by atoms with van der Waals surface area (Å²) in [5, 5.41) is 13.5. The van der Waals surface area contributed by atoms with Crippen LogP contribution in [0, 0.1) is 0 Å². The molecule has 0 radical (unpaired) electrons. The van der Waals surface area contributed by atoms with Gasteiger partial charge < -0.3 is 15.7 Å². The Bertz CT molecular complexity index is 274. The van der Waals surface area contributed by atoms with Gasteiger partial charge in [0.05, 0.1) is 5.88 Å². The zero-order chi connectivity index (χ0) is 13.8. The lowest BCUT2D eigenvalue weighted by Crippen LogP contribution is -2.41. The summed E-state index contributed by atoms with van der Waals surface area (Å²) >= 11 is 1.58. The number of hydrogen-bond donors (Lipinski definition) is 3. The fraction of sp³-hybridized carbons (Fsp3) is 0.727. The number of aliphatic carboxylic acids is 1. The highest BCUT2D eigenvalue weighted by molar-refractivity contribution is 7.99. The molecule has 1 atom stereocenters. The molecule has 6 nitrogen and oxygen atoms in total. The van der Waals surface area contributed by atoms with Crippen molar-refractivity contribution in [2.75, 3.05) is 11.6 Å². The number of amides is 2. The maximum Gasteiger partial charge on any atom is 0.303 e. The van der Waals surface area contributed by atoms with Crippen LogP contribution in [-0.2, 0) is 14.4 Å². The summed E-state index contributed by atoms with van der Waals surface area (Å²) in [6.45, 7) is 1.61. The Labute approximate surface area is 111 Å². The molecule has 0 aliphatic rings. The molecule has 0 aromatic rings. The van der Waals surface area contributed by atoms with Crippen molar-refractivity contribution in [1.29, 1.82) is 0 Å². The van der Waals surface area contributed by atoms with Crippen LogP contribution in [0.1, 0.15) is 32.6 Å². The fourth-order valence-electron chi connectivity index (χ4n) is 1.18. The molecule has 0 saturated heterocycles. The number of carboxylic acids is 1. The molecule has 7 heteroatoms. The van der Waals surface area contributed by atoms with E-state index in [1.54, 1.807) is 18.7 Å². The van der Waals surface area contributed by atoms with Crippen LogP contribution in [0.5, 0.6) is 0 Å². The molecule has 0 saturated carbocycles. The SMILES string of the molecule is CC(NC=O)C(=O)NCSCCCCCC(=O)O. The first-order valence-electron chi connectivity index (χ1n) is 5.85. The van der Waals surface area contributed by atoms with Crippen molar-refractivity contribution in [2.45, 2.75) is 38.6 Å². The van der Waals surface area contributed by atoms with Gasteiger partial charge in [-0.25, -0.2) is 0 Å². The van der Waals surface area contributed by atoms with Crippen LogP contribution in [0.4, 0.5) is 0 Å². The molecule has 18 heavy (non-hydrogen) atoms. The van der Waals surface area contributed by atoms with E-state index in [1.807, 2.05) is 0 Å². The summed E-state index contributed by atoms with van der Waals surface area (Å²) in [6, 6.07) is -0.515. The minimum absolute atomic E-state index is 0.208. The highest BCUT2D eigenvalue weighted by Crippen LogP contribution is 2.06. The molecule has 0 aliphatic heterocycles. The van der Waals surface area contributed by atoms with Gasteiger partial charge in [-0.15, -0.1) is 11.8 Å². The molecule has 0 rings (SSSR count). The Morgan fingerprint density at radius 3 is 2.67 bits per heavy atom. The normalized spacial score (nSPS) is 11.6. The lowest BCUT2D eigenvalue weighted by atomic mass is 10.2. The molecule has 1 unspecified atom stereocenters. The molecule has 0 spiro atoms. The minimum atomic E-state index is -0.758. The van der Waals surface area contributed by atoms with Crippen LogP contribution < -0.4 is 10.6 Å². The summed E-state index contributed by atoms with van der Waals surface area (Å²) < 4.78 is 0. The summed E-state index contributed by atoms with van der Waals surface area (Å²) in [6.07, 6.45) is 3.24. The Hall–Kier alpha value is -1.24. The van der Waals surface area contributed by atoms with Crippen LogP contribution >= 0.6 is 11.8 Å². The van der Waals surface area contributed by atoms with E-state index >= 15 is 0 Å². The molecule has 104 valence electrons. The van der Waals surface area contributed by atoms with Gasteiger partial charge in [-0.3, -0.25) is 14.4 Å². The predicted octanol–water partition coefficient (Wildman–Crippen LogP) is 0.573. The maximum absolute atomic E-state index is 11.3. The van der Waals surface area contributed by atoms with Crippen molar-refractivity contribution in [3.8, 4) is 0 Å². The Morgan fingerprint density at radius 1 is 1.33 bits per heavy atom. The largest absolute Gasteiger partial charge is 0.481 e. The van der Waals surface area contributed by atoms with Crippen LogP contribution in [0.15, 0.2) is 0 Å². The van der Waals surface area contributed by atoms with Crippen LogP contribution in [-0.4, -0.2) is 41.1 Å². The van der Waals surface area contributed by atoms with Crippen LogP contribution in [0.3, 0.4) is 0 Å². The number of thioether (sulfide) groups is 1. The standard InChI is InChI=1S/C11H20N2O4S/c1-9(12-7-14)11(17)13-8-18-6-4-2-3-5-10(15)16/h7,9H,2-6,8H2,1H3,(H,12,14)(H,13,17)(H,15,16). The summed E-state index contributed by atoms with van der Waals surface area (Å²) in [4.78, 5) is 31.7. The smallest absolute Gasteiger partial charge is 0.303 e. The zero-order valence-corrected chi connectivity index (χ0v) is 11.3. The maximum atomic E-state index is 11.3. The molecule has 2 amide bonds. The number of rotatable bonds is 11. The van der Waals surface area contributed by atoms with Crippen LogP contribution in [0.25, 0.3) is 0 Å². The number of unbranched alkanes of at least 4 members (excludes halogenated alkanes) is 2. The Kier molecular flexibility index (Phi) is 10.1. The van der Waals surface area contributed by atoms with Crippen molar-refractivity contribution < 1.29 is 19.5 Å². The van der Waals surface area contributed by atoms with Crippen molar-refractivity contribution >= 4 is 30.0 Å². The van der Waals surface area contributed by atoms with Crippen molar-refractivity contribution in [1.82, 2.24) is 10.6 Å². The van der Waals surface area contributed by atoms with E-state index in [-0.39, 0.29) is 12.3 Å². The summed E-state index contributed by atoms with van der Waals surface area (Å²) in [7, 11) is 0. The third-order valence-electron chi connectivity index (χ3n) is 2.24. The molecule has 0 bridgehead atoms. The van der Waals surface area contributed by atoms with Gasteiger partial charge in [0.2, 0.25) is 12.3 Å². The monoisotopic (exact) mass is 276 g/mol. The average Bonchev–Trinajstić information content (AvgIpc) is 2.32. The molecule has 0 aliphatic carbocycles. The number of hydrogen-bond acceptors (Lipinski definition) is 4. The van der Waals surface area contributed by atoms with Gasteiger partial charge in [0, 0.05) is 6.42 Å². The first-order chi connectivity index (χ1) is 8.57. The molecule has 0 heterocycles. The van der Waals surface area contributed by atoms with Gasteiger partial charge >= 0.3 is 5.97 Å². The number of carbonyl (C=O) groups is 3. The lowest BCUT2D eigenvalue weighted by Gasteiger charge is -2.10. The second-order valence-electron chi connectivity index (χ2n) is 3.80. The summed E-state index contributed by atoms with van der Waals surface area (Å²) in [5.74, 6) is 0.421. The van der Waals surface area contributed by atoms with Gasteiger partial charge in [0.15, 0.2) is 0 Å². The molecule has 3 N–H and O–H groups in total. The molecule has 0 fully saturated rings. The van der Waals surface area contributed by atoms with Crippen molar-refractivity contribution in [3.05, 3.63) is 0 Å². The van der Waals surface area contributed by atoms with Crippen LogP contribution in [0.2, 0.25) is 0 Å². The molecular formula is C11H20N2O4S. The average molecular weight is 276 g/mol. The first kappa shape index (κ1) is 16.8. The summed E-state index contributed by atoms with van der Waals surface area (Å²) in [5.41, 5.74) is 0. The zero-order valence-electron chi connectivity index (χ0n) is 10.5. The number of nitrogens with one attached hydrogen (secondary N) is 2. The van der Waals surface area contributed by atoms with E-state index in [4.69, 9.17) is 5.11 Å². The second-order valence-corrected chi connectivity index (χ2v) is 4.91. The highest BCUT2D eigenvalue weighted by Gasteiger charge is 2.09. The Morgan fingerprint density at radius 2 is 2.06 bits per heavy atom. The van der Waals surface area contributed by atoms with E-state index in [0.29, 0.717) is 18.7 Å². The molecule has 0 aromatic heterocycles. The third-order valence-corrected chi connectivity index (χ3v) is 3.16. The minimum Gasteiger partial charge on any atom is -0.481 e. The Balaban J connectivity index is 3.32. The van der Waals surface area contributed by atoms with Gasteiger partial charge in [0.1, 0.15) is 6.04 Å². The lowest BCUT2D eigenvalue weighted by molar-refractivity contribution is -0.137. The van der Waals surface area contributed by atoms with E-state index < -0.39 is 12.0 Å². The fourth-order valence-corrected chi connectivity index (χ4v) is 1.98. The predicted molar refractivity (Wildman–Crippen MR) is 70.2 cm³/mol. The van der Waals surface area contributed by atoms with Gasteiger partial charge in [-0.1, -0.05) is 6.42 Å². The van der Waals surface area contributed by atoms with Gasteiger partial charge in [0.25, 0.3) is 0 Å². The van der Waals surface area contributed by atoms with E-state index in [0.717, 1.165) is 18.6 Å². The van der Waals surface area contributed by atoms with Crippen molar-refractivity contribution in [3.63, 3.8) is 0 Å².